The topological polar surface area (TPSA) is 66.5 Å². The Hall–Kier alpha value is -1.54. The molecule has 27 heavy (non-hydrogen) atoms. The number of rotatable bonds is 5. The van der Waals surface area contributed by atoms with Gasteiger partial charge in [0.05, 0.1) is 10.8 Å². The zero-order valence-corrected chi connectivity index (χ0v) is 17.3. The number of anilines is 1. The van der Waals surface area contributed by atoms with Crippen molar-refractivity contribution in [2.75, 3.05) is 24.7 Å². The number of piperidine rings is 1. The molecule has 1 fully saturated rings. The van der Waals surface area contributed by atoms with Gasteiger partial charge in [0.1, 0.15) is 0 Å². The van der Waals surface area contributed by atoms with Gasteiger partial charge in [-0.15, -0.1) is 11.8 Å². The Morgan fingerprint density at radius 1 is 1.22 bits per heavy atom. The van der Waals surface area contributed by atoms with Gasteiger partial charge in [0.25, 0.3) is 0 Å². The van der Waals surface area contributed by atoms with Crippen LogP contribution in [0, 0.1) is 5.92 Å². The van der Waals surface area contributed by atoms with E-state index in [4.69, 9.17) is 11.6 Å². The van der Waals surface area contributed by atoms with Crippen LogP contribution in [0.2, 0.25) is 5.02 Å². The number of halogens is 1. The molecule has 1 aliphatic heterocycles. The van der Waals surface area contributed by atoms with Gasteiger partial charge in [-0.05, 0) is 61.6 Å². The van der Waals surface area contributed by atoms with Crippen molar-refractivity contribution in [2.45, 2.75) is 22.6 Å². The summed E-state index contributed by atoms with van der Waals surface area (Å²) in [6, 6.07) is 13.7. The molecule has 8 heteroatoms. The molecule has 5 nitrogen and oxygen atoms in total. The average Bonchev–Trinajstić information content (AvgIpc) is 2.68. The summed E-state index contributed by atoms with van der Waals surface area (Å²) in [7, 11) is -3.64. The summed E-state index contributed by atoms with van der Waals surface area (Å²) in [5, 5.41) is 3.40. The molecule has 1 atom stereocenters. The van der Waals surface area contributed by atoms with Crippen LogP contribution in [-0.4, -0.2) is 38.0 Å². The van der Waals surface area contributed by atoms with Gasteiger partial charge in [-0.25, -0.2) is 8.42 Å². The van der Waals surface area contributed by atoms with Crippen molar-refractivity contribution < 1.29 is 13.2 Å². The standard InChI is InChI=1S/C19H21ClN2O3S2/c1-26-17-6-2-5-16(12-17)21-19(23)14-4-3-11-22(13-14)27(24,25)18-9-7-15(20)8-10-18/h2,5-10,12,14H,3-4,11,13H2,1H3,(H,21,23)/t14-/m1/s1. The van der Waals surface area contributed by atoms with Gasteiger partial charge in [0.2, 0.25) is 15.9 Å². The van der Waals surface area contributed by atoms with Crippen LogP contribution in [-0.2, 0) is 14.8 Å². The fraction of sp³-hybridized carbons (Fsp3) is 0.316. The quantitative estimate of drug-likeness (QED) is 0.734. The van der Waals surface area contributed by atoms with Crippen molar-refractivity contribution in [1.29, 1.82) is 0 Å². The third-order valence-corrected chi connectivity index (χ3v) is 7.40. The second kappa shape index (κ2) is 8.65. The van der Waals surface area contributed by atoms with E-state index in [9.17, 15) is 13.2 Å². The number of amides is 1. The molecule has 0 unspecified atom stereocenters. The Kier molecular flexibility index (Phi) is 6.47. The minimum Gasteiger partial charge on any atom is -0.326 e. The second-order valence-corrected chi connectivity index (χ2v) is 9.63. The van der Waals surface area contributed by atoms with E-state index in [2.05, 4.69) is 5.32 Å². The molecule has 0 spiro atoms. The Morgan fingerprint density at radius 3 is 2.67 bits per heavy atom. The molecule has 0 radical (unpaired) electrons. The van der Waals surface area contributed by atoms with Crippen LogP contribution in [0.4, 0.5) is 5.69 Å². The second-order valence-electron chi connectivity index (χ2n) is 6.38. The fourth-order valence-corrected chi connectivity index (χ4v) is 5.18. The Balaban J connectivity index is 1.71. The highest BCUT2D eigenvalue weighted by Crippen LogP contribution is 2.26. The Bertz CT molecular complexity index is 917. The lowest BCUT2D eigenvalue weighted by atomic mass is 9.99. The molecule has 2 aromatic carbocycles. The van der Waals surface area contributed by atoms with Crippen LogP contribution >= 0.6 is 23.4 Å². The summed E-state index contributed by atoms with van der Waals surface area (Å²) in [5.41, 5.74) is 0.726. The molecule has 1 aliphatic rings. The van der Waals surface area contributed by atoms with Gasteiger partial charge in [0, 0.05) is 28.7 Å². The number of benzene rings is 2. The maximum atomic E-state index is 12.9. The van der Waals surface area contributed by atoms with E-state index in [0.29, 0.717) is 24.4 Å². The number of thioether (sulfide) groups is 1. The summed E-state index contributed by atoms with van der Waals surface area (Å²) in [6.45, 7) is 0.593. The minimum atomic E-state index is -3.64. The first-order chi connectivity index (χ1) is 12.9. The molecular weight excluding hydrogens is 404 g/mol. The van der Waals surface area contributed by atoms with E-state index < -0.39 is 10.0 Å². The third-order valence-electron chi connectivity index (χ3n) is 4.54. The maximum Gasteiger partial charge on any atom is 0.243 e. The molecule has 1 amide bonds. The first kappa shape index (κ1) is 20.2. The Labute approximate surface area is 169 Å². The molecule has 3 rings (SSSR count). The van der Waals surface area contributed by atoms with Gasteiger partial charge < -0.3 is 5.32 Å². The number of carbonyl (C=O) groups excluding carboxylic acids is 1. The zero-order chi connectivity index (χ0) is 19.4. The van der Waals surface area contributed by atoms with Crippen molar-refractivity contribution in [3.05, 3.63) is 53.6 Å². The normalized spacial score (nSPS) is 18.2. The van der Waals surface area contributed by atoms with Crippen molar-refractivity contribution in [2.24, 2.45) is 5.92 Å². The number of hydrogen-bond acceptors (Lipinski definition) is 4. The van der Waals surface area contributed by atoms with Crippen molar-refractivity contribution in [3.8, 4) is 0 Å². The van der Waals surface area contributed by atoms with Gasteiger partial charge in [-0.2, -0.15) is 4.31 Å². The summed E-state index contributed by atoms with van der Waals surface area (Å²) in [6.07, 6.45) is 3.29. The summed E-state index contributed by atoms with van der Waals surface area (Å²) in [4.78, 5) is 13.9. The molecular formula is C19H21ClN2O3S2. The van der Waals surface area contributed by atoms with Gasteiger partial charge in [0.15, 0.2) is 0 Å². The van der Waals surface area contributed by atoms with Crippen molar-refractivity contribution in [3.63, 3.8) is 0 Å². The zero-order valence-electron chi connectivity index (χ0n) is 14.9. The molecule has 0 saturated carbocycles. The van der Waals surface area contributed by atoms with Crippen LogP contribution in [0.5, 0.6) is 0 Å². The highest BCUT2D eigenvalue weighted by atomic mass is 35.5. The molecule has 1 N–H and O–H groups in total. The number of sulfonamides is 1. The van der Waals surface area contributed by atoms with Crippen molar-refractivity contribution in [1.82, 2.24) is 4.31 Å². The van der Waals surface area contributed by atoms with E-state index in [1.165, 1.54) is 16.4 Å². The Morgan fingerprint density at radius 2 is 1.96 bits per heavy atom. The third kappa shape index (κ3) is 4.85. The predicted octanol–water partition coefficient (Wildman–Crippen LogP) is 4.10. The largest absolute Gasteiger partial charge is 0.326 e. The lowest BCUT2D eigenvalue weighted by Crippen LogP contribution is -2.43. The monoisotopic (exact) mass is 424 g/mol. The van der Waals surface area contributed by atoms with E-state index in [0.717, 1.165) is 10.6 Å². The smallest absolute Gasteiger partial charge is 0.243 e. The van der Waals surface area contributed by atoms with Crippen LogP contribution in [0.1, 0.15) is 12.8 Å². The number of nitrogens with zero attached hydrogens (tertiary/aromatic N) is 1. The molecule has 0 aromatic heterocycles. The predicted molar refractivity (Wildman–Crippen MR) is 110 cm³/mol. The lowest BCUT2D eigenvalue weighted by molar-refractivity contribution is -0.120. The molecule has 0 bridgehead atoms. The first-order valence-electron chi connectivity index (χ1n) is 8.61. The van der Waals surface area contributed by atoms with Gasteiger partial charge in [-0.3, -0.25) is 4.79 Å². The lowest BCUT2D eigenvalue weighted by Gasteiger charge is -2.31. The van der Waals surface area contributed by atoms with Crippen LogP contribution < -0.4 is 5.32 Å². The van der Waals surface area contributed by atoms with E-state index in [1.54, 1.807) is 23.9 Å². The van der Waals surface area contributed by atoms with Crippen LogP contribution in [0.15, 0.2) is 58.3 Å². The fourth-order valence-electron chi connectivity index (χ4n) is 3.08. The SMILES string of the molecule is CSc1cccc(NC(=O)[C@@H]2CCCN(S(=O)(=O)c3ccc(Cl)cc3)C2)c1. The highest BCUT2D eigenvalue weighted by Gasteiger charge is 2.33. The van der Waals surface area contributed by atoms with Gasteiger partial charge in [-0.1, -0.05) is 17.7 Å². The van der Waals surface area contributed by atoms with E-state index in [1.807, 2.05) is 30.5 Å². The minimum absolute atomic E-state index is 0.149. The molecule has 1 saturated heterocycles. The van der Waals surface area contributed by atoms with E-state index in [-0.39, 0.29) is 23.3 Å². The number of carbonyl (C=O) groups is 1. The molecule has 2 aromatic rings. The van der Waals surface area contributed by atoms with Gasteiger partial charge >= 0.3 is 0 Å². The van der Waals surface area contributed by atoms with E-state index >= 15 is 0 Å². The van der Waals surface area contributed by atoms with Crippen LogP contribution in [0.25, 0.3) is 0 Å². The average molecular weight is 425 g/mol. The molecule has 1 heterocycles. The van der Waals surface area contributed by atoms with Crippen molar-refractivity contribution >= 4 is 45.0 Å². The van der Waals surface area contributed by atoms with Crippen LogP contribution in [0.3, 0.4) is 0 Å². The highest BCUT2D eigenvalue weighted by molar-refractivity contribution is 7.98. The first-order valence-corrected chi connectivity index (χ1v) is 11.6. The summed E-state index contributed by atoms with van der Waals surface area (Å²) >= 11 is 7.45. The maximum absolute atomic E-state index is 12.9. The summed E-state index contributed by atoms with van der Waals surface area (Å²) < 4.78 is 27.1. The molecule has 0 aliphatic carbocycles. The number of hydrogen-bond donors (Lipinski definition) is 1. The summed E-state index contributed by atoms with van der Waals surface area (Å²) in [5.74, 6) is -0.525. The molecule has 144 valence electrons. The number of nitrogens with one attached hydrogen (secondary N) is 1.